The van der Waals surface area contributed by atoms with Crippen LogP contribution >= 0.6 is 17.4 Å². The van der Waals surface area contributed by atoms with Gasteiger partial charge in [0.05, 0.1) is 6.61 Å². The van der Waals surface area contributed by atoms with Crippen LogP contribution in [0.3, 0.4) is 0 Å². The Morgan fingerprint density at radius 1 is 0.857 bits per heavy atom. The van der Waals surface area contributed by atoms with Crippen molar-refractivity contribution >= 4 is 17.4 Å². The Balaban J connectivity index is 1.85. The fourth-order valence-corrected chi connectivity index (χ4v) is 7.16. The van der Waals surface area contributed by atoms with E-state index >= 15 is 0 Å². The van der Waals surface area contributed by atoms with Gasteiger partial charge in [0.2, 0.25) is 0 Å². The van der Waals surface area contributed by atoms with Crippen molar-refractivity contribution in [2.45, 2.75) is 24.2 Å². The van der Waals surface area contributed by atoms with Crippen LogP contribution in [0.1, 0.15) is 35.3 Å². The van der Waals surface area contributed by atoms with Crippen molar-refractivity contribution in [1.29, 1.82) is 0 Å². The van der Waals surface area contributed by atoms with E-state index in [1.54, 1.807) is 0 Å². The van der Waals surface area contributed by atoms with Gasteiger partial charge in [0, 0.05) is 20.8 Å². The van der Waals surface area contributed by atoms with Crippen LogP contribution in [0.5, 0.6) is 0 Å². The number of hydrogen-bond acceptors (Lipinski definition) is 1. The molecule has 0 spiro atoms. The van der Waals surface area contributed by atoms with Crippen LogP contribution in [-0.4, -0.2) is 12.8 Å². The predicted octanol–water partition coefficient (Wildman–Crippen LogP) is 5.55. The molecule has 1 aliphatic rings. The lowest BCUT2D eigenvalue weighted by molar-refractivity contribution is 0.402. The molecular formula is C18H22OP2. The summed E-state index contributed by atoms with van der Waals surface area (Å²) in [5, 5.41) is 0. The van der Waals surface area contributed by atoms with Crippen molar-refractivity contribution in [3.63, 3.8) is 0 Å². The third-order valence-corrected chi connectivity index (χ3v) is 8.00. The largest absolute Gasteiger partial charge is 0.365 e. The van der Waals surface area contributed by atoms with E-state index in [1.807, 2.05) is 0 Å². The normalized spacial score (nSPS) is 22.5. The van der Waals surface area contributed by atoms with Crippen molar-refractivity contribution in [1.82, 2.24) is 0 Å². The quantitative estimate of drug-likeness (QED) is 0.657. The average molecular weight is 316 g/mol. The van der Waals surface area contributed by atoms with Crippen LogP contribution < -0.4 is 0 Å². The number of rotatable bonds is 5. The first-order valence-corrected chi connectivity index (χ1v) is 9.71. The van der Waals surface area contributed by atoms with E-state index in [4.69, 9.17) is 4.52 Å². The Bertz CT molecular complexity index is 496. The molecule has 1 fully saturated rings. The van der Waals surface area contributed by atoms with Crippen molar-refractivity contribution in [2.75, 3.05) is 12.8 Å². The van der Waals surface area contributed by atoms with Gasteiger partial charge >= 0.3 is 0 Å². The van der Waals surface area contributed by atoms with Crippen LogP contribution in [0.15, 0.2) is 60.7 Å². The molecule has 0 radical (unpaired) electrons. The smallest absolute Gasteiger partial charge is 0.0541 e. The lowest BCUT2D eigenvalue weighted by Gasteiger charge is -2.26. The van der Waals surface area contributed by atoms with Gasteiger partial charge in [-0.3, -0.25) is 0 Å². The molecule has 110 valence electrons. The Labute approximate surface area is 131 Å². The van der Waals surface area contributed by atoms with Crippen molar-refractivity contribution in [3.8, 4) is 0 Å². The van der Waals surface area contributed by atoms with Gasteiger partial charge in [0.25, 0.3) is 0 Å². The summed E-state index contributed by atoms with van der Waals surface area (Å²) in [6, 6.07) is 22.1. The molecule has 3 heteroatoms. The molecular weight excluding hydrogens is 294 g/mol. The molecule has 0 amide bonds. The van der Waals surface area contributed by atoms with Gasteiger partial charge in [0.1, 0.15) is 0 Å². The summed E-state index contributed by atoms with van der Waals surface area (Å²) >= 11 is 0. The second-order valence-corrected chi connectivity index (χ2v) is 8.59. The summed E-state index contributed by atoms with van der Waals surface area (Å²) in [5.41, 5.74) is 4.50. The summed E-state index contributed by atoms with van der Waals surface area (Å²) in [7, 11) is 2.33. The molecule has 2 aromatic carbocycles. The van der Waals surface area contributed by atoms with Gasteiger partial charge in [0.15, 0.2) is 0 Å². The predicted molar refractivity (Wildman–Crippen MR) is 95.0 cm³/mol. The van der Waals surface area contributed by atoms with Crippen molar-refractivity contribution in [3.05, 3.63) is 71.8 Å². The zero-order valence-corrected chi connectivity index (χ0v) is 14.2. The van der Waals surface area contributed by atoms with Crippen LogP contribution in [0.25, 0.3) is 0 Å². The first-order chi connectivity index (χ1) is 10.4. The summed E-state index contributed by atoms with van der Waals surface area (Å²) < 4.78 is 5.31. The monoisotopic (exact) mass is 316 g/mol. The molecule has 3 rings (SSSR count). The Hall–Kier alpha value is -0.740. The summed E-state index contributed by atoms with van der Waals surface area (Å²) in [5.74, 6) is 0. The molecule has 3 atom stereocenters. The minimum absolute atomic E-state index is 0.0688. The number of hydrogen-bond donors (Lipinski definition) is 0. The SMILES string of the molecule is POCCP1[C@@H](c2ccccc2)CC[C@@H]1c1ccccc1. The molecule has 1 heterocycles. The van der Waals surface area contributed by atoms with E-state index in [0.717, 1.165) is 17.9 Å². The van der Waals surface area contributed by atoms with Gasteiger partial charge in [-0.1, -0.05) is 68.6 Å². The Kier molecular flexibility index (Phi) is 5.42. The highest BCUT2D eigenvalue weighted by molar-refractivity contribution is 7.58. The lowest BCUT2D eigenvalue weighted by atomic mass is 10.0. The fraction of sp³-hybridized carbons (Fsp3) is 0.333. The molecule has 0 bridgehead atoms. The first kappa shape index (κ1) is 15.2. The van der Waals surface area contributed by atoms with E-state index in [0.29, 0.717) is 0 Å². The topological polar surface area (TPSA) is 9.23 Å². The molecule has 1 saturated heterocycles. The second-order valence-electron chi connectivity index (χ2n) is 5.54. The maximum absolute atomic E-state index is 5.31. The van der Waals surface area contributed by atoms with Gasteiger partial charge < -0.3 is 4.52 Å². The van der Waals surface area contributed by atoms with Crippen LogP contribution in [0.2, 0.25) is 0 Å². The standard InChI is InChI=1S/C18H22OP2/c20-19-13-14-21-17(15-7-3-1-4-8-15)11-12-18(21)16-9-5-2-6-10-16/h1-10,17-18H,11-14,20H2/t17-,18-/m1/s1. The minimum Gasteiger partial charge on any atom is -0.365 e. The second kappa shape index (κ2) is 7.50. The Morgan fingerprint density at radius 3 is 1.76 bits per heavy atom. The molecule has 1 unspecified atom stereocenters. The molecule has 0 N–H and O–H groups in total. The first-order valence-electron chi connectivity index (χ1n) is 7.57. The third-order valence-electron chi connectivity index (χ3n) is 4.35. The van der Waals surface area contributed by atoms with Crippen molar-refractivity contribution in [2.24, 2.45) is 0 Å². The Morgan fingerprint density at radius 2 is 1.33 bits per heavy atom. The molecule has 0 saturated carbocycles. The van der Waals surface area contributed by atoms with Crippen LogP contribution in [0, 0.1) is 0 Å². The zero-order chi connectivity index (χ0) is 14.5. The van der Waals surface area contributed by atoms with E-state index in [1.165, 1.54) is 30.1 Å². The van der Waals surface area contributed by atoms with Crippen LogP contribution in [-0.2, 0) is 4.52 Å². The maximum atomic E-state index is 5.31. The van der Waals surface area contributed by atoms with Gasteiger partial charge in [-0.05, 0) is 30.1 Å². The summed E-state index contributed by atoms with van der Waals surface area (Å²) in [6.07, 6.45) is 3.82. The van der Waals surface area contributed by atoms with E-state index in [-0.39, 0.29) is 7.92 Å². The van der Waals surface area contributed by atoms with Gasteiger partial charge in [-0.2, -0.15) is 0 Å². The van der Waals surface area contributed by atoms with Crippen molar-refractivity contribution < 1.29 is 4.52 Å². The van der Waals surface area contributed by atoms with E-state index < -0.39 is 0 Å². The molecule has 0 aliphatic carbocycles. The van der Waals surface area contributed by atoms with Gasteiger partial charge in [-0.15, -0.1) is 0 Å². The lowest BCUT2D eigenvalue weighted by Crippen LogP contribution is -2.01. The zero-order valence-electron chi connectivity index (χ0n) is 12.2. The molecule has 1 nitrogen and oxygen atoms in total. The summed E-state index contributed by atoms with van der Waals surface area (Å²) in [4.78, 5) is 0. The summed E-state index contributed by atoms with van der Waals surface area (Å²) in [6.45, 7) is 0.850. The minimum atomic E-state index is -0.0688. The molecule has 1 aliphatic heterocycles. The fourth-order valence-electron chi connectivity index (χ4n) is 3.40. The van der Waals surface area contributed by atoms with E-state index in [9.17, 15) is 0 Å². The average Bonchev–Trinajstić information content (AvgIpc) is 2.98. The molecule has 2 aromatic rings. The van der Waals surface area contributed by atoms with Crippen LogP contribution in [0.4, 0.5) is 0 Å². The molecule has 0 aromatic heterocycles. The maximum Gasteiger partial charge on any atom is 0.0541 e. The van der Waals surface area contributed by atoms with E-state index in [2.05, 4.69) is 70.1 Å². The highest BCUT2D eigenvalue weighted by atomic mass is 31.1. The highest BCUT2D eigenvalue weighted by Gasteiger charge is 2.36. The third kappa shape index (κ3) is 3.54. The number of benzene rings is 2. The molecule has 21 heavy (non-hydrogen) atoms. The highest BCUT2D eigenvalue weighted by Crippen LogP contribution is 2.69. The van der Waals surface area contributed by atoms with Gasteiger partial charge in [-0.25, -0.2) is 0 Å².